The van der Waals surface area contributed by atoms with Crippen molar-refractivity contribution < 1.29 is 9.59 Å². The molecule has 2 N–H and O–H groups in total. The molecule has 3 rings (SSSR count). The average Bonchev–Trinajstić information content (AvgIpc) is 3.22. The number of piperidine rings is 1. The van der Waals surface area contributed by atoms with E-state index in [1.807, 2.05) is 24.4 Å². The molecule has 3 atom stereocenters. The van der Waals surface area contributed by atoms with Crippen LogP contribution >= 0.6 is 11.3 Å². The Kier molecular flexibility index (Phi) is 4.71. The second-order valence-corrected chi connectivity index (χ2v) is 6.68. The molecule has 2 aromatic rings. The van der Waals surface area contributed by atoms with E-state index in [0.717, 1.165) is 4.88 Å². The fraction of sp³-hybridized carbons (Fsp3) is 0.467. The zero-order chi connectivity index (χ0) is 16.2. The molecule has 3 heterocycles. The molecule has 7 nitrogen and oxygen atoms in total. The van der Waals surface area contributed by atoms with Gasteiger partial charge in [-0.2, -0.15) is 5.10 Å². The van der Waals surface area contributed by atoms with Gasteiger partial charge in [0.25, 0.3) is 0 Å². The van der Waals surface area contributed by atoms with E-state index in [9.17, 15) is 9.59 Å². The van der Waals surface area contributed by atoms with E-state index < -0.39 is 0 Å². The molecule has 2 aromatic heterocycles. The van der Waals surface area contributed by atoms with E-state index in [2.05, 4.69) is 20.7 Å². The van der Waals surface area contributed by atoms with Gasteiger partial charge in [0.1, 0.15) is 12.7 Å². The lowest BCUT2D eigenvalue weighted by Crippen LogP contribution is -2.50. The summed E-state index contributed by atoms with van der Waals surface area (Å²) < 4.78 is 1.67. The van der Waals surface area contributed by atoms with E-state index in [1.54, 1.807) is 22.3 Å². The van der Waals surface area contributed by atoms with Crippen LogP contribution in [0.25, 0.3) is 0 Å². The van der Waals surface area contributed by atoms with Crippen molar-refractivity contribution >= 4 is 23.2 Å². The molecule has 0 bridgehead atoms. The Bertz CT molecular complexity index is 655. The van der Waals surface area contributed by atoms with Crippen molar-refractivity contribution in [2.24, 2.45) is 0 Å². The summed E-state index contributed by atoms with van der Waals surface area (Å²) in [4.78, 5) is 29.0. The molecule has 0 aliphatic carbocycles. The zero-order valence-electron chi connectivity index (χ0n) is 12.8. The number of carbonyl (C=O) groups excluding carboxylic acids is 2. The van der Waals surface area contributed by atoms with Gasteiger partial charge >= 0.3 is 0 Å². The number of thiophene rings is 1. The summed E-state index contributed by atoms with van der Waals surface area (Å²) in [5.74, 6) is -0.0133. The number of rotatable bonds is 5. The van der Waals surface area contributed by atoms with Gasteiger partial charge in [0, 0.05) is 17.7 Å². The Hall–Kier alpha value is -2.22. The van der Waals surface area contributed by atoms with Crippen LogP contribution in [0.2, 0.25) is 0 Å². The lowest BCUT2D eigenvalue weighted by Gasteiger charge is -2.32. The van der Waals surface area contributed by atoms with Crippen LogP contribution in [0.3, 0.4) is 0 Å². The van der Waals surface area contributed by atoms with Gasteiger partial charge < -0.3 is 10.6 Å². The van der Waals surface area contributed by atoms with Crippen LogP contribution < -0.4 is 10.6 Å². The summed E-state index contributed by atoms with van der Waals surface area (Å²) in [7, 11) is 0. The average molecular weight is 333 g/mol. The molecular weight excluding hydrogens is 314 g/mol. The predicted molar refractivity (Wildman–Crippen MR) is 85.7 cm³/mol. The Morgan fingerprint density at radius 3 is 3.17 bits per heavy atom. The van der Waals surface area contributed by atoms with E-state index >= 15 is 0 Å². The summed E-state index contributed by atoms with van der Waals surface area (Å²) in [6.07, 6.45) is 4.47. The molecular formula is C15H19N5O2S. The van der Waals surface area contributed by atoms with Gasteiger partial charge in [0.15, 0.2) is 0 Å². The Labute approximate surface area is 138 Å². The Morgan fingerprint density at radius 2 is 2.48 bits per heavy atom. The number of amides is 2. The monoisotopic (exact) mass is 333 g/mol. The smallest absolute Gasteiger partial charge is 0.222 e. The van der Waals surface area contributed by atoms with Crippen molar-refractivity contribution in [3.05, 3.63) is 35.0 Å². The molecule has 0 spiro atoms. The summed E-state index contributed by atoms with van der Waals surface area (Å²) >= 11 is 1.59. The fourth-order valence-corrected chi connectivity index (χ4v) is 3.61. The highest BCUT2D eigenvalue weighted by Gasteiger charge is 2.31. The second kappa shape index (κ2) is 6.91. The van der Waals surface area contributed by atoms with E-state index in [1.165, 1.54) is 6.33 Å². The lowest BCUT2D eigenvalue weighted by atomic mass is 9.96. The van der Waals surface area contributed by atoms with Crippen LogP contribution in [0.5, 0.6) is 0 Å². The summed E-state index contributed by atoms with van der Waals surface area (Å²) in [5, 5.41) is 12.1. The van der Waals surface area contributed by atoms with Gasteiger partial charge in [-0.3, -0.25) is 9.59 Å². The van der Waals surface area contributed by atoms with Gasteiger partial charge in [0.2, 0.25) is 11.8 Å². The number of carbonyl (C=O) groups is 2. The van der Waals surface area contributed by atoms with Crippen LogP contribution in [-0.2, 0) is 9.59 Å². The maximum absolute atomic E-state index is 12.3. The van der Waals surface area contributed by atoms with Crippen molar-refractivity contribution in [2.45, 2.75) is 44.3 Å². The third-order valence-electron chi connectivity index (χ3n) is 3.97. The molecule has 122 valence electrons. The molecule has 8 heteroatoms. The van der Waals surface area contributed by atoms with Gasteiger partial charge in [-0.1, -0.05) is 6.07 Å². The highest BCUT2D eigenvalue weighted by Crippen LogP contribution is 2.27. The summed E-state index contributed by atoms with van der Waals surface area (Å²) in [5.41, 5.74) is 0. The van der Waals surface area contributed by atoms with Crippen molar-refractivity contribution in [3.8, 4) is 0 Å². The minimum absolute atomic E-state index is 0.0323. The minimum Gasteiger partial charge on any atom is -0.351 e. The third kappa shape index (κ3) is 3.76. The quantitative estimate of drug-likeness (QED) is 0.866. The van der Waals surface area contributed by atoms with E-state index in [-0.39, 0.29) is 29.9 Å². The van der Waals surface area contributed by atoms with Crippen LogP contribution in [-0.4, -0.2) is 32.6 Å². The standard InChI is InChI=1S/C15H19N5O2S/c1-10(20-9-16-8-17-20)7-14(22)18-11-4-5-13(21)19-15(11)12-3-2-6-23-12/h2-3,6,8-11,15H,4-5,7H2,1H3,(H,18,22)(H,19,21)/t10-,11-,15-/m1/s1. The third-order valence-corrected chi connectivity index (χ3v) is 4.92. The first-order chi connectivity index (χ1) is 11.1. The van der Waals surface area contributed by atoms with Crippen LogP contribution in [0, 0.1) is 0 Å². The van der Waals surface area contributed by atoms with E-state index in [0.29, 0.717) is 19.3 Å². The number of aromatic nitrogens is 3. The predicted octanol–water partition coefficient (Wildman–Crippen LogP) is 1.43. The largest absolute Gasteiger partial charge is 0.351 e. The van der Waals surface area contributed by atoms with Gasteiger partial charge in [0.05, 0.1) is 18.1 Å². The van der Waals surface area contributed by atoms with E-state index in [4.69, 9.17) is 0 Å². The fourth-order valence-electron chi connectivity index (χ4n) is 2.77. The maximum atomic E-state index is 12.3. The molecule has 0 radical (unpaired) electrons. The normalized spacial score (nSPS) is 22.4. The number of nitrogens with one attached hydrogen (secondary N) is 2. The zero-order valence-corrected chi connectivity index (χ0v) is 13.6. The number of nitrogens with zero attached hydrogens (tertiary/aromatic N) is 3. The number of hydrogen-bond acceptors (Lipinski definition) is 5. The van der Waals surface area contributed by atoms with Crippen molar-refractivity contribution in [3.63, 3.8) is 0 Å². The molecule has 1 aliphatic rings. The first kappa shape index (κ1) is 15.7. The van der Waals surface area contributed by atoms with Gasteiger partial charge in [-0.05, 0) is 24.8 Å². The first-order valence-corrected chi connectivity index (χ1v) is 8.47. The Morgan fingerprint density at radius 1 is 1.61 bits per heavy atom. The van der Waals surface area contributed by atoms with Gasteiger partial charge in [-0.25, -0.2) is 9.67 Å². The van der Waals surface area contributed by atoms with Crippen LogP contribution in [0.1, 0.15) is 43.1 Å². The topological polar surface area (TPSA) is 88.9 Å². The molecule has 2 amide bonds. The van der Waals surface area contributed by atoms with Gasteiger partial charge in [-0.15, -0.1) is 11.3 Å². The van der Waals surface area contributed by atoms with Crippen molar-refractivity contribution in [1.82, 2.24) is 25.4 Å². The molecule has 1 fully saturated rings. The lowest BCUT2D eigenvalue weighted by molar-refractivity contribution is -0.127. The summed E-state index contributed by atoms with van der Waals surface area (Å²) in [6, 6.07) is 3.64. The second-order valence-electron chi connectivity index (χ2n) is 5.70. The molecule has 0 saturated carbocycles. The highest BCUT2D eigenvalue weighted by molar-refractivity contribution is 7.10. The van der Waals surface area contributed by atoms with Crippen LogP contribution in [0.4, 0.5) is 0 Å². The SMILES string of the molecule is C[C@H](CC(=O)N[C@@H]1CCC(=O)N[C@H]1c1cccs1)n1cncn1. The molecule has 23 heavy (non-hydrogen) atoms. The van der Waals surface area contributed by atoms with Crippen molar-refractivity contribution in [1.29, 1.82) is 0 Å². The molecule has 1 aliphatic heterocycles. The van der Waals surface area contributed by atoms with Crippen molar-refractivity contribution in [2.75, 3.05) is 0 Å². The first-order valence-electron chi connectivity index (χ1n) is 7.59. The summed E-state index contributed by atoms with van der Waals surface area (Å²) in [6.45, 7) is 1.92. The van der Waals surface area contributed by atoms with Crippen LogP contribution in [0.15, 0.2) is 30.2 Å². The minimum atomic E-state index is -0.151. The molecule has 0 unspecified atom stereocenters. The maximum Gasteiger partial charge on any atom is 0.222 e. The number of hydrogen-bond donors (Lipinski definition) is 2. The highest BCUT2D eigenvalue weighted by atomic mass is 32.1. The Balaban J connectivity index is 1.63. The molecule has 1 saturated heterocycles. The molecule has 0 aromatic carbocycles.